The quantitative estimate of drug-likeness (QED) is 0.400. The summed E-state index contributed by atoms with van der Waals surface area (Å²) < 4.78 is 17.2. The molecule has 0 atom stereocenters. The maximum Gasteiger partial charge on any atom is 0.161 e. The predicted octanol–water partition coefficient (Wildman–Crippen LogP) is 6.50. The number of nitrogens with one attached hydrogen (secondary N) is 1. The summed E-state index contributed by atoms with van der Waals surface area (Å²) in [6.45, 7) is 2.83. The van der Waals surface area contributed by atoms with Crippen molar-refractivity contribution in [1.29, 1.82) is 5.26 Å². The lowest BCUT2D eigenvalue weighted by atomic mass is 9.98. The Balaban J connectivity index is 1.69. The number of anilines is 2. The minimum absolute atomic E-state index is 0.407. The first-order valence-corrected chi connectivity index (χ1v) is 11.8. The number of methoxy groups -OCH3 is 2. The van der Waals surface area contributed by atoms with Crippen LogP contribution in [0.15, 0.2) is 36.4 Å². The van der Waals surface area contributed by atoms with Crippen LogP contribution in [0.1, 0.15) is 18.4 Å². The molecule has 0 aliphatic carbocycles. The molecular formula is C26H27Cl2N3O3. The lowest BCUT2D eigenvalue weighted by Gasteiger charge is -2.29. The van der Waals surface area contributed by atoms with Crippen molar-refractivity contribution in [3.05, 3.63) is 52.0 Å². The number of nitriles is 1. The maximum atomic E-state index is 9.77. The molecule has 34 heavy (non-hydrogen) atoms. The van der Waals surface area contributed by atoms with E-state index in [2.05, 4.69) is 23.3 Å². The number of piperidine rings is 1. The van der Waals surface area contributed by atoms with Gasteiger partial charge in [0.05, 0.1) is 47.8 Å². The standard InChI is InChI=1S/C26H27Cl2N3O3/c1-31-8-6-16(7-9-31)15-34-25-10-17-4-5-18(14-29)26(19(17)11-24(25)33-3)30-22-13-23(32-2)21(28)12-20(22)27/h4-5,10-13,16,30H,6-9,15H2,1-3H3. The van der Waals surface area contributed by atoms with Gasteiger partial charge in [-0.05, 0) is 68.5 Å². The van der Waals surface area contributed by atoms with Gasteiger partial charge >= 0.3 is 0 Å². The third-order valence-electron chi connectivity index (χ3n) is 6.24. The van der Waals surface area contributed by atoms with Crippen LogP contribution >= 0.6 is 23.2 Å². The number of nitrogens with zero attached hydrogens (tertiary/aromatic N) is 2. The molecule has 1 heterocycles. The van der Waals surface area contributed by atoms with Gasteiger partial charge in [-0.2, -0.15) is 5.26 Å². The van der Waals surface area contributed by atoms with Crippen LogP contribution in [0.2, 0.25) is 10.0 Å². The van der Waals surface area contributed by atoms with E-state index >= 15 is 0 Å². The van der Waals surface area contributed by atoms with Gasteiger partial charge in [-0.3, -0.25) is 0 Å². The van der Waals surface area contributed by atoms with Gasteiger partial charge < -0.3 is 24.4 Å². The normalized spacial score (nSPS) is 14.6. The molecule has 4 rings (SSSR count). The summed E-state index contributed by atoms with van der Waals surface area (Å²) in [6, 6.07) is 13.1. The van der Waals surface area contributed by atoms with Crippen LogP contribution in [-0.4, -0.2) is 45.9 Å². The third kappa shape index (κ3) is 5.12. The molecule has 1 saturated heterocycles. The highest BCUT2D eigenvalue weighted by molar-refractivity contribution is 6.37. The summed E-state index contributed by atoms with van der Waals surface area (Å²) in [5.74, 6) is 2.31. The zero-order chi connectivity index (χ0) is 24.2. The molecule has 0 saturated carbocycles. The van der Waals surface area contributed by atoms with Gasteiger partial charge in [-0.25, -0.2) is 0 Å². The van der Waals surface area contributed by atoms with Gasteiger partial charge in [0, 0.05) is 11.5 Å². The average Bonchev–Trinajstić information content (AvgIpc) is 2.84. The summed E-state index contributed by atoms with van der Waals surface area (Å²) in [4.78, 5) is 2.34. The third-order valence-corrected chi connectivity index (χ3v) is 6.85. The van der Waals surface area contributed by atoms with E-state index in [1.165, 1.54) is 7.11 Å². The van der Waals surface area contributed by atoms with Crippen LogP contribution in [0.5, 0.6) is 17.2 Å². The SMILES string of the molecule is COc1cc(Nc2c(C#N)ccc3cc(OCC4CCN(C)CC4)c(OC)cc23)c(Cl)cc1Cl. The number of rotatable bonds is 7. The molecule has 178 valence electrons. The Labute approximate surface area is 209 Å². The largest absolute Gasteiger partial charge is 0.495 e. The Morgan fingerprint density at radius 2 is 1.74 bits per heavy atom. The Morgan fingerprint density at radius 3 is 2.41 bits per heavy atom. The Bertz CT molecular complexity index is 1230. The molecule has 6 nitrogen and oxygen atoms in total. The highest BCUT2D eigenvalue weighted by atomic mass is 35.5. The van der Waals surface area contributed by atoms with E-state index in [-0.39, 0.29) is 0 Å². The highest BCUT2D eigenvalue weighted by Crippen LogP contribution is 2.41. The number of hydrogen-bond donors (Lipinski definition) is 1. The molecule has 0 amide bonds. The zero-order valence-electron chi connectivity index (χ0n) is 19.5. The molecule has 0 aromatic heterocycles. The second-order valence-electron chi connectivity index (χ2n) is 8.47. The van der Waals surface area contributed by atoms with Crippen molar-refractivity contribution in [3.8, 4) is 23.3 Å². The van der Waals surface area contributed by atoms with E-state index in [9.17, 15) is 5.26 Å². The Hall–Kier alpha value is -2.85. The van der Waals surface area contributed by atoms with E-state index in [0.29, 0.717) is 56.8 Å². The first kappa shape index (κ1) is 24.3. The fourth-order valence-corrected chi connectivity index (χ4v) is 4.69. The second kappa shape index (κ2) is 10.6. The van der Waals surface area contributed by atoms with Crippen LogP contribution in [0.3, 0.4) is 0 Å². The van der Waals surface area contributed by atoms with Gasteiger partial charge in [0.2, 0.25) is 0 Å². The topological polar surface area (TPSA) is 66.8 Å². The molecule has 0 bridgehead atoms. The molecule has 1 aliphatic heterocycles. The lowest BCUT2D eigenvalue weighted by molar-refractivity contribution is 0.157. The zero-order valence-corrected chi connectivity index (χ0v) is 21.0. The second-order valence-corrected chi connectivity index (χ2v) is 9.29. The molecule has 1 fully saturated rings. The van der Waals surface area contributed by atoms with E-state index in [1.54, 1.807) is 25.3 Å². The molecule has 8 heteroatoms. The van der Waals surface area contributed by atoms with Crippen molar-refractivity contribution in [1.82, 2.24) is 4.90 Å². The molecule has 0 unspecified atom stereocenters. The lowest BCUT2D eigenvalue weighted by Crippen LogP contribution is -2.32. The summed E-state index contributed by atoms with van der Waals surface area (Å²) >= 11 is 12.6. The van der Waals surface area contributed by atoms with Crippen LogP contribution in [0.25, 0.3) is 10.8 Å². The maximum absolute atomic E-state index is 9.77. The van der Waals surface area contributed by atoms with E-state index in [1.807, 2.05) is 18.2 Å². The van der Waals surface area contributed by atoms with Crippen molar-refractivity contribution >= 4 is 45.3 Å². The first-order valence-electron chi connectivity index (χ1n) is 11.1. The van der Waals surface area contributed by atoms with Gasteiger partial charge in [0.1, 0.15) is 11.8 Å². The van der Waals surface area contributed by atoms with Crippen molar-refractivity contribution in [2.75, 3.05) is 46.3 Å². The number of halogens is 2. The molecular weight excluding hydrogens is 473 g/mol. The number of ether oxygens (including phenoxy) is 3. The molecule has 0 spiro atoms. The van der Waals surface area contributed by atoms with Crippen molar-refractivity contribution < 1.29 is 14.2 Å². The number of fused-ring (bicyclic) bond motifs is 1. The molecule has 1 N–H and O–H groups in total. The molecule has 3 aromatic rings. The van der Waals surface area contributed by atoms with Crippen molar-refractivity contribution in [2.24, 2.45) is 5.92 Å². The molecule has 1 aliphatic rings. The Morgan fingerprint density at radius 1 is 1.00 bits per heavy atom. The summed E-state index contributed by atoms with van der Waals surface area (Å²) in [5, 5.41) is 15.6. The average molecular weight is 500 g/mol. The van der Waals surface area contributed by atoms with Gasteiger partial charge in [0.15, 0.2) is 11.5 Å². The summed E-state index contributed by atoms with van der Waals surface area (Å²) in [6.07, 6.45) is 2.24. The van der Waals surface area contributed by atoms with Crippen LogP contribution in [-0.2, 0) is 0 Å². The van der Waals surface area contributed by atoms with E-state index < -0.39 is 0 Å². The van der Waals surface area contributed by atoms with Crippen LogP contribution in [0.4, 0.5) is 11.4 Å². The smallest absolute Gasteiger partial charge is 0.161 e. The Kier molecular flexibility index (Phi) is 7.57. The molecule has 0 radical (unpaired) electrons. The predicted molar refractivity (Wildman–Crippen MR) is 137 cm³/mol. The van der Waals surface area contributed by atoms with Gasteiger partial charge in [-0.1, -0.05) is 29.3 Å². The van der Waals surface area contributed by atoms with Crippen molar-refractivity contribution in [3.63, 3.8) is 0 Å². The van der Waals surface area contributed by atoms with Gasteiger partial charge in [-0.15, -0.1) is 0 Å². The molecule has 3 aromatic carbocycles. The number of hydrogen-bond acceptors (Lipinski definition) is 6. The number of likely N-dealkylation sites (tertiary alicyclic amines) is 1. The van der Waals surface area contributed by atoms with Gasteiger partial charge in [0.25, 0.3) is 0 Å². The fraction of sp³-hybridized carbons (Fsp3) is 0.346. The monoisotopic (exact) mass is 499 g/mol. The number of benzene rings is 3. The summed E-state index contributed by atoms with van der Waals surface area (Å²) in [5.41, 5.74) is 1.67. The first-order chi connectivity index (χ1) is 16.4. The van der Waals surface area contributed by atoms with E-state index in [4.69, 9.17) is 37.4 Å². The van der Waals surface area contributed by atoms with E-state index in [0.717, 1.165) is 36.7 Å². The van der Waals surface area contributed by atoms with Crippen LogP contribution < -0.4 is 19.5 Å². The minimum atomic E-state index is 0.407. The fourth-order valence-electron chi connectivity index (χ4n) is 4.18. The highest BCUT2D eigenvalue weighted by Gasteiger charge is 2.19. The van der Waals surface area contributed by atoms with Crippen molar-refractivity contribution in [2.45, 2.75) is 12.8 Å². The minimum Gasteiger partial charge on any atom is -0.495 e. The van der Waals surface area contributed by atoms with Crippen LogP contribution in [0, 0.1) is 17.2 Å². The summed E-state index contributed by atoms with van der Waals surface area (Å²) in [7, 11) is 5.30.